The number of rotatable bonds is 6. The van der Waals surface area contributed by atoms with Gasteiger partial charge in [0.05, 0.1) is 27.6 Å². The number of carbonyl (C=O) groups excluding carboxylic acids is 1. The Bertz CT molecular complexity index is 1820. The van der Waals surface area contributed by atoms with Gasteiger partial charge in [0.2, 0.25) is 0 Å². The SMILES string of the molecule is N#Cc1ccc(NC(=O)c2noc3ccc(NS(=O)(=O)c4ccccc4)cc23)c(-c2noc(=O)[nH]2)c1. The monoisotopic (exact) mass is 502 g/mol. The third-order valence-electron chi connectivity index (χ3n) is 5.08. The zero-order valence-electron chi connectivity index (χ0n) is 18.1. The first-order valence-corrected chi connectivity index (χ1v) is 11.7. The fourth-order valence-corrected chi connectivity index (χ4v) is 4.50. The Morgan fingerprint density at radius 2 is 1.81 bits per heavy atom. The molecule has 3 aromatic carbocycles. The molecular formula is C23H14N6O6S. The second kappa shape index (κ2) is 8.85. The van der Waals surface area contributed by atoms with E-state index in [2.05, 4.69) is 29.9 Å². The molecule has 2 aromatic heterocycles. The Hall–Kier alpha value is -5.22. The number of nitriles is 1. The van der Waals surface area contributed by atoms with Gasteiger partial charge in [0, 0.05) is 11.3 Å². The lowest BCUT2D eigenvalue weighted by Gasteiger charge is -2.09. The summed E-state index contributed by atoms with van der Waals surface area (Å²) in [6.45, 7) is 0. The summed E-state index contributed by atoms with van der Waals surface area (Å²) >= 11 is 0. The van der Waals surface area contributed by atoms with Crippen LogP contribution in [0.5, 0.6) is 0 Å². The van der Waals surface area contributed by atoms with E-state index in [1.54, 1.807) is 18.2 Å². The molecule has 0 aliphatic heterocycles. The van der Waals surface area contributed by atoms with E-state index in [-0.39, 0.29) is 49.9 Å². The van der Waals surface area contributed by atoms with Crippen LogP contribution in [0.1, 0.15) is 16.1 Å². The number of hydrogen-bond acceptors (Lipinski definition) is 9. The van der Waals surface area contributed by atoms with Gasteiger partial charge < -0.3 is 9.84 Å². The molecule has 0 atom stereocenters. The molecule has 2 heterocycles. The number of sulfonamides is 1. The van der Waals surface area contributed by atoms with E-state index >= 15 is 0 Å². The smallest absolute Gasteiger partial charge is 0.355 e. The highest BCUT2D eigenvalue weighted by molar-refractivity contribution is 7.92. The van der Waals surface area contributed by atoms with Crippen molar-refractivity contribution in [2.75, 3.05) is 10.0 Å². The van der Waals surface area contributed by atoms with E-state index in [0.717, 1.165) is 0 Å². The quantitative estimate of drug-likeness (QED) is 0.314. The number of amides is 1. The summed E-state index contributed by atoms with van der Waals surface area (Å²) < 4.78 is 37.6. The zero-order valence-corrected chi connectivity index (χ0v) is 18.9. The maximum atomic E-state index is 13.1. The molecule has 12 nitrogen and oxygen atoms in total. The van der Waals surface area contributed by atoms with Crippen molar-refractivity contribution in [3.63, 3.8) is 0 Å². The van der Waals surface area contributed by atoms with Crippen molar-refractivity contribution in [1.82, 2.24) is 15.3 Å². The van der Waals surface area contributed by atoms with Crippen LogP contribution in [0.4, 0.5) is 11.4 Å². The summed E-state index contributed by atoms with van der Waals surface area (Å²) in [4.78, 5) is 26.9. The molecule has 178 valence electrons. The minimum Gasteiger partial charge on any atom is -0.355 e. The number of H-pyrrole nitrogens is 1. The fourth-order valence-electron chi connectivity index (χ4n) is 3.43. The number of carbonyl (C=O) groups is 1. The largest absolute Gasteiger partial charge is 0.439 e. The minimum atomic E-state index is -3.86. The second-order valence-electron chi connectivity index (χ2n) is 7.43. The van der Waals surface area contributed by atoms with Crippen LogP contribution in [0.3, 0.4) is 0 Å². The van der Waals surface area contributed by atoms with Gasteiger partial charge in [-0.2, -0.15) is 5.26 Å². The Balaban J connectivity index is 1.47. The molecule has 5 rings (SSSR count). The lowest BCUT2D eigenvalue weighted by Crippen LogP contribution is -2.14. The molecule has 0 fully saturated rings. The molecule has 3 N–H and O–H groups in total. The van der Waals surface area contributed by atoms with Crippen LogP contribution in [0.25, 0.3) is 22.4 Å². The van der Waals surface area contributed by atoms with E-state index in [4.69, 9.17) is 4.52 Å². The highest BCUT2D eigenvalue weighted by Crippen LogP contribution is 2.29. The summed E-state index contributed by atoms with van der Waals surface area (Å²) in [5.74, 6) is -1.48. The molecule has 5 aromatic rings. The molecule has 0 saturated heterocycles. The Labute approximate surface area is 202 Å². The average molecular weight is 502 g/mol. The van der Waals surface area contributed by atoms with Crippen LogP contribution in [-0.2, 0) is 10.0 Å². The number of aromatic nitrogens is 3. The van der Waals surface area contributed by atoms with Crippen LogP contribution in [-0.4, -0.2) is 29.6 Å². The summed E-state index contributed by atoms with van der Waals surface area (Å²) in [7, 11) is -3.86. The van der Waals surface area contributed by atoms with Crippen LogP contribution in [0.15, 0.2) is 85.5 Å². The maximum Gasteiger partial charge on any atom is 0.439 e. The number of aromatic amines is 1. The van der Waals surface area contributed by atoms with Crippen LogP contribution in [0, 0.1) is 11.3 Å². The van der Waals surface area contributed by atoms with Crippen molar-refractivity contribution >= 4 is 38.3 Å². The average Bonchev–Trinajstić information content (AvgIpc) is 3.50. The highest BCUT2D eigenvalue weighted by Gasteiger charge is 2.21. The van der Waals surface area contributed by atoms with Crippen LogP contribution in [0.2, 0.25) is 0 Å². The van der Waals surface area contributed by atoms with E-state index in [1.807, 2.05) is 6.07 Å². The maximum absolute atomic E-state index is 13.1. The predicted octanol–water partition coefficient (Wildman–Crippen LogP) is 3.10. The Kier molecular flexibility index (Phi) is 5.55. The van der Waals surface area contributed by atoms with Gasteiger partial charge in [-0.15, -0.1) is 0 Å². The number of anilines is 2. The topological polar surface area (TPSA) is 184 Å². The Morgan fingerprint density at radius 1 is 1.00 bits per heavy atom. The second-order valence-corrected chi connectivity index (χ2v) is 9.11. The van der Waals surface area contributed by atoms with Crippen molar-refractivity contribution < 1.29 is 22.3 Å². The molecular weight excluding hydrogens is 488 g/mol. The summed E-state index contributed by atoms with van der Waals surface area (Å²) in [6.07, 6.45) is 0. The number of hydrogen-bond donors (Lipinski definition) is 3. The molecule has 0 bridgehead atoms. The first-order valence-electron chi connectivity index (χ1n) is 10.2. The minimum absolute atomic E-state index is 0.00927. The standard InChI is InChI=1S/C23H14N6O6S/c24-12-13-6-8-18(16(10-13)21-26-23(31)35-28-21)25-22(30)20-17-11-14(7-9-19(17)34-27-20)29-36(32,33)15-4-2-1-3-5-15/h1-11,29H,(H,25,30)(H,26,28,31). The number of benzene rings is 3. The number of nitrogens with one attached hydrogen (secondary N) is 3. The van der Waals surface area contributed by atoms with Crippen molar-refractivity contribution in [2.45, 2.75) is 4.90 Å². The van der Waals surface area contributed by atoms with Crippen molar-refractivity contribution in [1.29, 1.82) is 5.26 Å². The van der Waals surface area contributed by atoms with Crippen molar-refractivity contribution in [3.05, 3.63) is 88.5 Å². The zero-order chi connectivity index (χ0) is 25.3. The van der Waals surface area contributed by atoms with Crippen LogP contribution < -0.4 is 15.8 Å². The lowest BCUT2D eigenvalue weighted by atomic mass is 10.1. The number of fused-ring (bicyclic) bond motifs is 1. The molecule has 36 heavy (non-hydrogen) atoms. The summed E-state index contributed by atoms with van der Waals surface area (Å²) in [6, 6.07) is 18.5. The lowest BCUT2D eigenvalue weighted by molar-refractivity contribution is 0.102. The fraction of sp³-hybridized carbons (Fsp3) is 0. The molecule has 0 aliphatic carbocycles. The van der Waals surface area contributed by atoms with E-state index < -0.39 is 21.7 Å². The van der Waals surface area contributed by atoms with E-state index in [1.165, 1.54) is 48.5 Å². The molecule has 0 radical (unpaired) electrons. The van der Waals surface area contributed by atoms with Crippen molar-refractivity contribution in [3.8, 4) is 17.5 Å². The molecule has 13 heteroatoms. The molecule has 0 aliphatic rings. The molecule has 1 amide bonds. The van der Waals surface area contributed by atoms with E-state index in [9.17, 15) is 23.3 Å². The third kappa shape index (κ3) is 4.31. The molecule has 0 unspecified atom stereocenters. The van der Waals surface area contributed by atoms with E-state index in [0.29, 0.717) is 0 Å². The van der Waals surface area contributed by atoms with Crippen molar-refractivity contribution in [2.24, 2.45) is 0 Å². The summed E-state index contributed by atoms with van der Waals surface area (Å²) in [5.41, 5.74) is 1.04. The summed E-state index contributed by atoms with van der Waals surface area (Å²) in [5, 5.41) is 19.5. The molecule has 0 saturated carbocycles. The van der Waals surface area contributed by atoms with Gasteiger partial charge in [-0.1, -0.05) is 28.5 Å². The molecule has 0 spiro atoms. The third-order valence-corrected chi connectivity index (χ3v) is 6.48. The van der Waals surface area contributed by atoms with Gasteiger partial charge in [-0.05, 0) is 48.5 Å². The number of nitrogens with zero attached hydrogens (tertiary/aromatic N) is 3. The predicted molar refractivity (Wildman–Crippen MR) is 126 cm³/mol. The highest BCUT2D eigenvalue weighted by atomic mass is 32.2. The van der Waals surface area contributed by atoms with Gasteiger partial charge >= 0.3 is 5.76 Å². The first-order chi connectivity index (χ1) is 17.3. The first kappa shape index (κ1) is 22.6. The van der Waals surface area contributed by atoms with Gasteiger partial charge in [0.25, 0.3) is 15.9 Å². The van der Waals surface area contributed by atoms with Gasteiger partial charge in [-0.25, -0.2) is 13.2 Å². The van der Waals surface area contributed by atoms with Gasteiger partial charge in [0.15, 0.2) is 17.1 Å². The normalized spacial score (nSPS) is 11.2. The van der Waals surface area contributed by atoms with Gasteiger partial charge in [0.1, 0.15) is 0 Å². The Morgan fingerprint density at radius 3 is 2.53 bits per heavy atom. The van der Waals surface area contributed by atoms with Gasteiger partial charge in [-0.3, -0.25) is 19.0 Å². The van der Waals surface area contributed by atoms with Crippen LogP contribution >= 0.6 is 0 Å².